The fourth-order valence-electron chi connectivity index (χ4n) is 3.10. The minimum absolute atomic E-state index is 0.116. The maximum Gasteiger partial charge on any atom is 0.239 e. The Labute approximate surface area is 156 Å². The molecule has 5 heteroatoms. The summed E-state index contributed by atoms with van der Waals surface area (Å²) >= 11 is 0. The summed E-state index contributed by atoms with van der Waals surface area (Å²) in [6.07, 6.45) is -0.484. The van der Waals surface area contributed by atoms with Gasteiger partial charge in [-0.3, -0.25) is 4.79 Å². The lowest BCUT2D eigenvalue weighted by Gasteiger charge is -2.35. The second kappa shape index (κ2) is 9.67. The van der Waals surface area contributed by atoms with E-state index in [0.717, 1.165) is 16.3 Å². The highest BCUT2D eigenvalue weighted by Crippen LogP contribution is 2.22. The molecule has 1 amide bonds. The normalized spacial score (nSPS) is 13.8. The molecule has 0 aromatic heterocycles. The quantitative estimate of drug-likeness (QED) is 0.699. The van der Waals surface area contributed by atoms with Crippen LogP contribution in [0, 0.1) is 0 Å². The smallest absolute Gasteiger partial charge is 0.239 e. The maximum atomic E-state index is 12.8. The summed E-state index contributed by atoms with van der Waals surface area (Å²) < 4.78 is 11.4. The fourth-order valence-corrected chi connectivity index (χ4v) is 3.10. The molecule has 0 aliphatic heterocycles. The number of nitrogens with zero attached hydrogens (tertiary/aromatic N) is 1. The third-order valence-corrected chi connectivity index (χ3v) is 4.44. The predicted octanol–water partition coefficient (Wildman–Crippen LogP) is 3.30. The Morgan fingerprint density at radius 1 is 1.04 bits per heavy atom. The molecule has 0 heterocycles. The average Bonchev–Trinajstić information content (AvgIpc) is 2.65. The second-order valence-corrected chi connectivity index (χ2v) is 6.41. The van der Waals surface area contributed by atoms with Crippen LogP contribution < -0.4 is 5.73 Å². The van der Waals surface area contributed by atoms with E-state index in [1.165, 1.54) is 0 Å². The Kier molecular flexibility index (Phi) is 7.57. The van der Waals surface area contributed by atoms with Crippen molar-refractivity contribution < 1.29 is 14.3 Å². The van der Waals surface area contributed by atoms with Crippen molar-refractivity contribution in [2.24, 2.45) is 5.73 Å². The Morgan fingerprint density at radius 2 is 1.65 bits per heavy atom. The first-order chi connectivity index (χ1) is 12.5. The number of benzene rings is 2. The zero-order valence-electron chi connectivity index (χ0n) is 16.1. The van der Waals surface area contributed by atoms with Crippen LogP contribution in [-0.2, 0) is 20.8 Å². The number of carbonyl (C=O) groups is 1. The summed E-state index contributed by atoms with van der Waals surface area (Å²) in [5.74, 6) is -0.116. The largest absolute Gasteiger partial charge is 0.351 e. The molecule has 2 aromatic carbocycles. The van der Waals surface area contributed by atoms with Crippen LogP contribution in [-0.4, -0.2) is 42.4 Å². The van der Waals surface area contributed by atoms with E-state index < -0.39 is 12.3 Å². The highest BCUT2D eigenvalue weighted by atomic mass is 16.7. The van der Waals surface area contributed by atoms with Gasteiger partial charge in [-0.1, -0.05) is 42.5 Å². The molecule has 2 atom stereocenters. The lowest BCUT2D eigenvalue weighted by molar-refractivity contribution is -0.179. The molecule has 5 nitrogen and oxygen atoms in total. The Bertz CT molecular complexity index is 706. The van der Waals surface area contributed by atoms with Gasteiger partial charge in [0, 0.05) is 19.8 Å². The van der Waals surface area contributed by atoms with E-state index >= 15 is 0 Å². The van der Waals surface area contributed by atoms with E-state index in [1.807, 2.05) is 45.0 Å². The van der Waals surface area contributed by atoms with E-state index in [0.29, 0.717) is 19.8 Å². The van der Waals surface area contributed by atoms with Crippen molar-refractivity contribution in [3.05, 3.63) is 48.0 Å². The lowest BCUT2D eigenvalue weighted by Crippen LogP contribution is -2.51. The van der Waals surface area contributed by atoms with Crippen LogP contribution in [0.1, 0.15) is 33.3 Å². The number of fused-ring (bicyclic) bond motifs is 1. The van der Waals surface area contributed by atoms with Crippen molar-refractivity contribution in [1.29, 1.82) is 0 Å². The number of ether oxygens (including phenoxy) is 2. The van der Waals surface area contributed by atoms with Gasteiger partial charge in [0.2, 0.25) is 5.91 Å². The topological polar surface area (TPSA) is 64.8 Å². The number of amides is 1. The molecule has 26 heavy (non-hydrogen) atoms. The minimum atomic E-state index is -0.587. The molecule has 0 saturated heterocycles. The molecule has 2 unspecified atom stereocenters. The first-order valence-electron chi connectivity index (χ1n) is 9.25. The summed E-state index contributed by atoms with van der Waals surface area (Å²) in [5.41, 5.74) is 7.00. The molecule has 2 aromatic rings. The second-order valence-electron chi connectivity index (χ2n) is 6.41. The SMILES string of the molecule is CCOC(OCC)C(C)N(Cc1cccc2ccccc12)C(=O)C(C)N. The first-order valence-corrected chi connectivity index (χ1v) is 9.25. The van der Waals surface area contributed by atoms with E-state index in [2.05, 4.69) is 18.2 Å². The summed E-state index contributed by atoms with van der Waals surface area (Å²) in [6, 6.07) is 13.5. The van der Waals surface area contributed by atoms with Gasteiger partial charge in [0.25, 0.3) is 0 Å². The highest BCUT2D eigenvalue weighted by Gasteiger charge is 2.30. The Balaban J connectivity index is 2.36. The number of nitrogens with two attached hydrogens (primary N) is 1. The van der Waals surface area contributed by atoms with E-state index in [4.69, 9.17) is 15.2 Å². The molecule has 0 aliphatic carbocycles. The molecular weight excluding hydrogens is 328 g/mol. The van der Waals surface area contributed by atoms with E-state index in [1.54, 1.807) is 11.8 Å². The van der Waals surface area contributed by atoms with Gasteiger partial charge in [-0.05, 0) is 44.0 Å². The van der Waals surface area contributed by atoms with Crippen LogP contribution in [0.5, 0.6) is 0 Å². The highest BCUT2D eigenvalue weighted by molar-refractivity contribution is 5.87. The number of hydrogen-bond donors (Lipinski definition) is 1. The molecule has 0 saturated carbocycles. The minimum Gasteiger partial charge on any atom is -0.351 e. The van der Waals surface area contributed by atoms with Gasteiger partial charge in [-0.15, -0.1) is 0 Å². The monoisotopic (exact) mass is 358 g/mol. The summed E-state index contributed by atoms with van der Waals surface area (Å²) in [6.45, 7) is 8.98. The Morgan fingerprint density at radius 3 is 2.27 bits per heavy atom. The van der Waals surface area contributed by atoms with Gasteiger partial charge in [0.15, 0.2) is 6.29 Å². The third kappa shape index (κ3) is 4.81. The van der Waals surface area contributed by atoms with Gasteiger partial charge in [0.05, 0.1) is 12.1 Å². The lowest BCUT2D eigenvalue weighted by atomic mass is 10.0. The van der Waals surface area contributed by atoms with Crippen LogP contribution >= 0.6 is 0 Å². The molecule has 0 fully saturated rings. The average molecular weight is 358 g/mol. The zero-order valence-corrected chi connectivity index (χ0v) is 16.1. The van der Waals surface area contributed by atoms with Crippen molar-refractivity contribution in [2.45, 2.75) is 52.6 Å². The van der Waals surface area contributed by atoms with Crippen molar-refractivity contribution >= 4 is 16.7 Å². The Hall–Kier alpha value is -1.95. The van der Waals surface area contributed by atoms with Crippen LogP contribution in [0.4, 0.5) is 0 Å². The first kappa shape index (κ1) is 20.4. The number of hydrogen-bond acceptors (Lipinski definition) is 4. The van der Waals surface area contributed by atoms with Crippen LogP contribution in [0.25, 0.3) is 10.8 Å². The van der Waals surface area contributed by atoms with Gasteiger partial charge in [0.1, 0.15) is 0 Å². The summed E-state index contributed by atoms with van der Waals surface area (Å²) in [5, 5.41) is 2.28. The van der Waals surface area contributed by atoms with Gasteiger partial charge in [-0.2, -0.15) is 0 Å². The molecular formula is C21H30N2O3. The van der Waals surface area contributed by atoms with Crippen LogP contribution in [0.15, 0.2) is 42.5 Å². The summed E-state index contributed by atoms with van der Waals surface area (Å²) in [7, 11) is 0. The van der Waals surface area contributed by atoms with Crippen molar-refractivity contribution in [3.63, 3.8) is 0 Å². The maximum absolute atomic E-state index is 12.8. The van der Waals surface area contributed by atoms with E-state index in [-0.39, 0.29) is 11.9 Å². The molecule has 0 radical (unpaired) electrons. The number of rotatable bonds is 9. The number of carbonyl (C=O) groups excluding carboxylic acids is 1. The molecule has 0 spiro atoms. The summed E-state index contributed by atoms with van der Waals surface area (Å²) in [4.78, 5) is 14.6. The standard InChI is InChI=1S/C21H30N2O3/c1-5-25-21(26-6-2)16(4)23(20(24)15(3)22)14-18-12-9-11-17-10-7-8-13-19(17)18/h7-13,15-16,21H,5-6,14,22H2,1-4H3. The fraction of sp³-hybridized carbons (Fsp3) is 0.476. The third-order valence-electron chi connectivity index (χ3n) is 4.44. The van der Waals surface area contributed by atoms with Gasteiger partial charge < -0.3 is 20.1 Å². The van der Waals surface area contributed by atoms with Gasteiger partial charge in [-0.25, -0.2) is 0 Å². The molecule has 0 bridgehead atoms. The van der Waals surface area contributed by atoms with Crippen LogP contribution in [0.3, 0.4) is 0 Å². The molecule has 2 rings (SSSR count). The molecule has 142 valence electrons. The molecule has 2 N–H and O–H groups in total. The van der Waals surface area contributed by atoms with E-state index in [9.17, 15) is 4.79 Å². The van der Waals surface area contributed by atoms with Crippen LogP contribution in [0.2, 0.25) is 0 Å². The molecule has 0 aliphatic rings. The zero-order chi connectivity index (χ0) is 19.1. The van der Waals surface area contributed by atoms with Crippen molar-refractivity contribution in [3.8, 4) is 0 Å². The predicted molar refractivity (Wildman–Crippen MR) is 105 cm³/mol. The van der Waals surface area contributed by atoms with Gasteiger partial charge >= 0.3 is 0 Å². The van der Waals surface area contributed by atoms with Crippen molar-refractivity contribution in [2.75, 3.05) is 13.2 Å². The van der Waals surface area contributed by atoms with Crippen molar-refractivity contribution in [1.82, 2.24) is 4.90 Å².